The second-order valence-corrected chi connectivity index (χ2v) is 5.19. The Morgan fingerprint density at radius 1 is 1.10 bits per heavy atom. The van der Waals surface area contributed by atoms with Crippen molar-refractivity contribution in [2.75, 3.05) is 21.3 Å². The zero-order chi connectivity index (χ0) is 15.0. The fourth-order valence-electron chi connectivity index (χ4n) is 2.79. The van der Waals surface area contributed by atoms with Crippen LogP contribution in [0.4, 0.5) is 0 Å². The third-order valence-electron chi connectivity index (χ3n) is 4.00. The molecule has 3 nitrogen and oxygen atoms in total. The van der Waals surface area contributed by atoms with E-state index in [1.54, 1.807) is 14.2 Å². The predicted octanol–water partition coefficient (Wildman–Crippen LogP) is 4.18. The first-order valence-electron chi connectivity index (χ1n) is 7.60. The summed E-state index contributed by atoms with van der Waals surface area (Å²) in [4.78, 5) is 0. The van der Waals surface area contributed by atoms with Crippen molar-refractivity contribution in [1.29, 1.82) is 0 Å². The summed E-state index contributed by atoms with van der Waals surface area (Å²) in [7, 11) is 5.39. The quantitative estimate of drug-likeness (QED) is 0.735. The van der Waals surface area contributed by atoms with Crippen LogP contribution in [0, 0.1) is 5.92 Å². The molecule has 0 fully saturated rings. The largest absolute Gasteiger partial charge is 0.493 e. The van der Waals surface area contributed by atoms with Gasteiger partial charge in [0.2, 0.25) is 0 Å². The van der Waals surface area contributed by atoms with Crippen molar-refractivity contribution in [3.63, 3.8) is 0 Å². The van der Waals surface area contributed by atoms with E-state index in [2.05, 4.69) is 31.3 Å². The van der Waals surface area contributed by atoms with Crippen LogP contribution in [-0.2, 0) is 0 Å². The highest BCUT2D eigenvalue weighted by Gasteiger charge is 2.21. The molecule has 0 aliphatic rings. The van der Waals surface area contributed by atoms with E-state index in [0.717, 1.165) is 11.5 Å². The van der Waals surface area contributed by atoms with Crippen molar-refractivity contribution in [2.45, 2.75) is 45.6 Å². The van der Waals surface area contributed by atoms with Crippen LogP contribution in [0.2, 0.25) is 0 Å². The van der Waals surface area contributed by atoms with E-state index < -0.39 is 0 Å². The van der Waals surface area contributed by atoms with E-state index in [1.165, 1.54) is 31.2 Å². The monoisotopic (exact) mass is 279 g/mol. The van der Waals surface area contributed by atoms with Gasteiger partial charge in [-0.3, -0.25) is 0 Å². The predicted molar refractivity (Wildman–Crippen MR) is 84.7 cm³/mol. The minimum atomic E-state index is 0.367. The highest BCUT2D eigenvalue weighted by Crippen LogP contribution is 2.34. The molecular formula is C17H29NO2. The van der Waals surface area contributed by atoms with Gasteiger partial charge in [-0.05, 0) is 37.1 Å². The van der Waals surface area contributed by atoms with E-state index in [0.29, 0.717) is 12.0 Å². The molecule has 0 amide bonds. The van der Waals surface area contributed by atoms with E-state index >= 15 is 0 Å². The molecule has 0 saturated heterocycles. The molecule has 20 heavy (non-hydrogen) atoms. The summed E-state index contributed by atoms with van der Waals surface area (Å²) in [6.07, 6.45) is 4.97. The fourth-order valence-corrected chi connectivity index (χ4v) is 2.79. The molecule has 0 aliphatic heterocycles. The number of ether oxygens (including phenoxy) is 2. The average Bonchev–Trinajstić information content (AvgIpc) is 2.50. The van der Waals surface area contributed by atoms with Gasteiger partial charge >= 0.3 is 0 Å². The maximum absolute atomic E-state index is 5.41. The summed E-state index contributed by atoms with van der Waals surface area (Å²) in [5.41, 5.74) is 1.27. The normalized spacial score (nSPS) is 13.8. The maximum Gasteiger partial charge on any atom is 0.161 e. The summed E-state index contributed by atoms with van der Waals surface area (Å²) in [5, 5.41) is 3.47. The van der Waals surface area contributed by atoms with Crippen molar-refractivity contribution >= 4 is 0 Å². The first-order valence-corrected chi connectivity index (χ1v) is 7.60. The van der Waals surface area contributed by atoms with Crippen LogP contribution in [-0.4, -0.2) is 21.3 Å². The molecule has 0 bridgehead atoms. The molecule has 0 heterocycles. The molecule has 2 unspecified atom stereocenters. The van der Waals surface area contributed by atoms with E-state index in [4.69, 9.17) is 9.47 Å². The van der Waals surface area contributed by atoms with Gasteiger partial charge in [-0.1, -0.05) is 39.2 Å². The molecule has 0 aromatic heterocycles. The van der Waals surface area contributed by atoms with Gasteiger partial charge in [0.15, 0.2) is 11.5 Å². The Morgan fingerprint density at radius 3 is 2.30 bits per heavy atom. The minimum absolute atomic E-state index is 0.367. The van der Waals surface area contributed by atoms with Crippen molar-refractivity contribution in [3.8, 4) is 11.5 Å². The van der Waals surface area contributed by atoms with Gasteiger partial charge in [0.05, 0.1) is 14.2 Å². The topological polar surface area (TPSA) is 30.5 Å². The molecular weight excluding hydrogens is 250 g/mol. The minimum Gasteiger partial charge on any atom is -0.493 e. The third-order valence-corrected chi connectivity index (χ3v) is 4.00. The van der Waals surface area contributed by atoms with E-state index in [9.17, 15) is 0 Å². The van der Waals surface area contributed by atoms with Gasteiger partial charge in [-0.2, -0.15) is 0 Å². The Hall–Kier alpha value is -1.22. The van der Waals surface area contributed by atoms with Crippen LogP contribution in [0.15, 0.2) is 18.2 Å². The lowest BCUT2D eigenvalue weighted by molar-refractivity contribution is 0.332. The van der Waals surface area contributed by atoms with Gasteiger partial charge in [0.25, 0.3) is 0 Å². The Labute approximate surface area is 123 Å². The lowest BCUT2D eigenvalue weighted by Crippen LogP contribution is -2.25. The SMILES string of the molecule is CCCCC(CC)C(NC)c1ccc(OC)c(OC)c1. The van der Waals surface area contributed by atoms with Crippen molar-refractivity contribution in [3.05, 3.63) is 23.8 Å². The van der Waals surface area contributed by atoms with Gasteiger partial charge in [0, 0.05) is 6.04 Å². The van der Waals surface area contributed by atoms with Crippen LogP contribution >= 0.6 is 0 Å². The molecule has 1 aromatic carbocycles. The average molecular weight is 279 g/mol. The first-order chi connectivity index (χ1) is 9.71. The Bertz CT molecular complexity index is 393. The van der Waals surface area contributed by atoms with Gasteiger partial charge in [-0.25, -0.2) is 0 Å². The highest BCUT2D eigenvalue weighted by atomic mass is 16.5. The van der Waals surface area contributed by atoms with Gasteiger partial charge in [0.1, 0.15) is 0 Å². The zero-order valence-electron chi connectivity index (χ0n) is 13.5. The fraction of sp³-hybridized carbons (Fsp3) is 0.647. The lowest BCUT2D eigenvalue weighted by atomic mass is 9.87. The van der Waals surface area contributed by atoms with E-state index in [1.807, 2.05) is 13.1 Å². The third kappa shape index (κ3) is 4.14. The van der Waals surface area contributed by atoms with Crippen LogP contribution in [0.25, 0.3) is 0 Å². The standard InChI is InChI=1S/C17H29NO2/c1-6-8-9-13(7-2)17(18-3)14-10-11-15(19-4)16(12-14)20-5/h10-13,17-18H,6-9H2,1-5H3. The van der Waals surface area contributed by atoms with Crippen LogP contribution in [0.5, 0.6) is 11.5 Å². The number of unbranched alkanes of at least 4 members (excludes halogenated alkanes) is 1. The van der Waals surface area contributed by atoms with Crippen LogP contribution in [0.1, 0.15) is 51.1 Å². The molecule has 3 heteroatoms. The molecule has 0 spiro atoms. The molecule has 1 aromatic rings. The lowest BCUT2D eigenvalue weighted by Gasteiger charge is -2.27. The number of methoxy groups -OCH3 is 2. The zero-order valence-corrected chi connectivity index (χ0v) is 13.5. The second kappa shape index (κ2) is 8.85. The van der Waals surface area contributed by atoms with Crippen molar-refractivity contribution in [2.24, 2.45) is 5.92 Å². The Balaban J connectivity index is 2.98. The van der Waals surface area contributed by atoms with E-state index in [-0.39, 0.29) is 0 Å². The first kappa shape index (κ1) is 16.8. The summed E-state index contributed by atoms with van der Waals surface area (Å²) in [5.74, 6) is 2.24. The van der Waals surface area contributed by atoms with Gasteiger partial charge < -0.3 is 14.8 Å². The number of rotatable bonds is 9. The maximum atomic E-state index is 5.41. The summed E-state index contributed by atoms with van der Waals surface area (Å²) in [6.45, 7) is 4.52. The summed E-state index contributed by atoms with van der Waals surface area (Å²) >= 11 is 0. The van der Waals surface area contributed by atoms with Crippen LogP contribution < -0.4 is 14.8 Å². The Morgan fingerprint density at radius 2 is 1.80 bits per heavy atom. The van der Waals surface area contributed by atoms with Crippen molar-refractivity contribution < 1.29 is 9.47 Å². The highest BCUT2D eigenvalue weighted by molar-refractivity contribution is 5.43. The molecule has 2 atom stereocenters. The molecule has 0 aliphatic carbocycles. The number of nitrogens with one attached hydrogen (secondary N) is 1. The number of hydrogen-bond acceptors (Lipinski definition) is 3. The smallest absolute Gasteiger partial charge is 0.161 e. The summed E-state index contributed by atoms with van der Waals surface area (Å²) in [6, 6.07) is 6.59. The molecule has 1 rings (SSSR count). The van der Waals surface area contributed by atoms with Crippen LogP contribution in [0.3, 0.4) is 0 Å². The molecule has 114 valence electrons. The summed E-state index contributed by atoms with van der Waals surface area (Å²) < 4.78 is 10.7. The number of hydrogen-bond donors (Lipinski definition) is 1. The van der Waals surface area contributed by atoms with Crippen molar-refractivity contribution in [1.82, 2.24) is 5.32 Å². The molecule has 1 N–H and O–H groups in total. The second-order valence-electron chi connectivity index (χ2n) is 5.19. The molecule has 0 radical (unpaired) electrons. The molecule has 0 saturated carbocycles. The number of benzene rings is 1. The Kier molecular flexibility index (Phi) is 7.45. The van der Waals surface area contributed by atoms with Gasteiger partial charge in [-0.15, -0.1) is 0 Å².